The van der Waals surface area contributed by atoms with E-state index in [-0.39, 0.29) is 17.0 Å². The minimum Gasteiger partial charge on any atom is -0.481 e. The van der Waals surface area contributed by atoms with Crippen LogP contribution >= 0.6 is 0 Å². The van der Waals surface area contributed by atoms with E-state index >= 15 is 0 Å². The molecule has 0 aliphatic rings. The Hall–Kier alpha value is -2.91. The van der Waals surface area contributed by atoms with Gasteiger partial charge >= 0.3 is 12.3 Å². The molecule has 10 heteroatoms. The van der Waals surface area contributed by atoms with Gasteiger partial charge in [-0.1, -0.05) is 0 Å². The molecule has 2 aromatic heterocycles. The van der Waals surface area contributed by atoms with Crippen LogP contribution in [-0.2, 0) is 16.5 Å². The van der Waals surface area contributed by atoms with E-state index in [0.29, 0.717) is 0 Å². The second-order valence-electron chi connectivity index (χ2n) is 5.11. The van der Waals surface area contributed by atoms with Gasteiger partial charge in [-0.3, -0.25) is 4.98 Å². The summed E-state index contributed by atoms with van der Waals surface area (Å²) in [5.74, 6) is 0.00545. The number of methoxy groups -OCH3 is 2. The first-order valence-corrected chi connectivity index (χ1v) is 6.96. The second-order valence-corrected chi connectivity index (χ2v) is 5.11. The zero-order chi connectivity index (χ0) is 18.7. The molecule has 1 unspecified atom stereocenters. The second kappa shape index (κ2) is 6.91. The van der Waals surface area contributed by atoms with Crippen molar-refractivity contribution in [3.63, 3.8) is 0 Å². The summed E-state index contributed by atoms with van der Waals surface area (Å²) in [6.07, 6.45) is -1.14. The van der Waals surface area contributed by atoms with E-state index < -0.39 is 23.4 Å². The van der Waals surface area contributed by atoms with E-state index in [4.69, 9.17) is 4.74 Å². The molecule has 1 N–H and O–H groups in total. The lowest BCUT2D eigenvalue weighted by molar-refractivity contribution is -0.138. The molecule has 0 bridgehead atoms. The van der Waals surface area contributed by atoms with Crippen molar-refractivity contribution in [3.05, 3.63) is 47.7 Å². The van der Waals surface area contributed by atoms with E-state index in [1.165, 1.54) is 26.6 Å². The number of alkyl halides is 3. The topological polar surface area (TPSA) is 86.2 Å². The van der Waals surface area contributed by atoms with Gasteiger partial charge in [0.15, 0.2) is 0 Å². The maximum atomic E-state index is 13.5. The van der Waals surface area contributed by atoms with Crippen molar-refractivity contribution in [3.8, 4) is 5.88 Å². The Labute approximate surface area is 141 Å². The maximum Gasteiger partial charge on any atom is 0.416 e. The van der Waals surface area contributed by atoms with Crippen molar-refractivity contribution in [2.45, 2.75) is 18.6 Å². The van der Waals surface area contributed by atoms with Gasteiger partial charge in [-0.2, -0.15) is 13.2 Å². The number of amides is 1. The van der Waals surface area contributed by atoms with Crippen molar-refractivity contribution >= 4 is 6.09 Å². The predicted molar refractivity (Wildman–Crippen MR) is 79.8 cm³/mol. The highest BCUT2D eigenvalue weighted by Gasteiger charge is 2.43. The number of hydrogen-bond donors (Lipinski definition) is 1. The molecule has 0 saturated heterocycles. The molecule has 25 heavy (non-hydrogen) atoms. The number of rotatable bonds is 4. The average Bonchev–Trinajstić information content (AvgIpc) is 2.60. The predicted octanol–water partition coefficient (Wildman–Crippen LogP) is 2.52. The Morgan fingerprint density at radius 2 is 1.80 bits per heavy atom. The Balaban J connectivity index is 2.76. The van der Waals surface area contributed by atoms with Crippen molar-refractivity contribution < 1.29 is 27.4 Å². The summed E-state index contributed by atoms with van der Waals surface area (Å²) < 4.78 is 50.0. The quantitative estimate of drug-likeness (QED) is 0.906. The summed E-state index contributed by atoms with van der Waals surface area (Å²) in [5, 5.41) is 2.40. The van der Waals surface area contributed by atoms with Crippen LogP contribution < -0.4 is 10.1 Å². The fourth-order valence-electron chi connectivity index (χ4n) is 2.40. The summed E-state index contributed by atoms with van der Waals surface area (Å²) in [6, 6.07) is 0.822. The third kappa shape index (κ3) is 3.62. The number of aromatic nitrogens is 3. The van der Waals surface area contributed by atoms with E-state index in [1.807, 2.05) is 0 Å². The fourth-order valence-corrected chi connectivity index (χ4v) is 2.40. The zero-order valence-electron chi connectivity index (χ0n) is 13.6. The normalized spacial score (nSPS) is 13.7. The highest BCUT2D eigenvalue weighted by atomic mass is 19.4. The molecule has 0 aliphatic carbocycles. The molecular weight excluding hydrogens is 341 g/mol. The average molecular weight is 356 g/mol. The number of ether oxygens (including phenoxy) is 2. The molecule has 134 valence electrons. The summed E-state index contributed by atoms with van der Waals surface area (Å²) in [6.45, 7) is 1.36. The lowest BCUT2D eigenvalue weighted by Crippen LogP contribution is -2.46. The smallest absolute Gasteiger partial charge is 0.416 e. The van der Waals surface area contributed by atoms with E-state index in [0.717, 1.165) is 25.6 Å². The van der Waals surface area contributed by atoms with Crippen molar-refractivity contribution in [2.24, 2.45) is 0 Å². The van der Waals surface area contributed by atoms with Crippen LogP contribution in [0.15, 0.2) is 31.0 Å². The molecule has 0 saturated carbocycles. The fraction of sp³-hybridized carbons (Fsp3) is 0.333. The largest absolute Gasteiger partial charge is 0.481 e. The molecule has 0 radical (unpaired) electrons. The molecule has 0 fully saturated rings. The number of carbonyl (C=O) groups is 1. The van der Waals surface area contributed by atoms with Gasteiger partial charge in [0.2, 0.25) is 5.88 Å². The molecule has 2 heterocycles. The first-order chi connectivity index (χ1) is 11.7. The van der Waals surface area contributed by atoms with Crippen LogP contribution in [0.2, 0.25) is 0 Å². The lowest BCUT2D eigenvalue weighted by Gasteiger charge is -2.33. The monoisotopic (exact) mass is 356 g/mol. The van der Waals surface area contributed by atoms with Gasteiger partial charge < -0.3 is 14.8 Å². The standard InChI is InChI=1S/C15H15F3N4O3/c1-14(22-13(23)25-3,11-7-20-8-21-12(11)24-2)10-6-19-5-4-9(10)15(16,17)18/h4-8H,1-3H3,(H,22,23). The molecule has 0 aliphatic heterocycles. The maximum absolute atomic E-state index is 13.5. The third-order valence-electron chi connectivity index (χ3n) is 3.61. The van der Waals surface area contributed by atoms with Crippen molar-refractivity contribution in [2.75, 3.05) is 14.2 Å². The molecule has 7 nitrogen and oxygen atoms in total. The number of alkyl carbamates (subject to hydrolysis) is 1. The number of nitrogens with one attached hydrogen (secondary N) is 1. The van der Waals surface area contributed by atoms with Crippen molar-refractivity contribution in [1.29, 1.82) is 0 Å². The molecule has 0 spiro atoms. The molecule has 2 aromatic rings. The van der Waals surface area contributed by atoms with Gasteiger partial charge in [0.05, 0.1) is 30.9 Å². The number of carbonyl (C=O) groups excluding carboxylic acids is 1. The highest BCUT2D eigenvalue weighted by molar-refractivity contribution is 5.70. The Kier molecular flexibility index (Phi) is 5.10. The van der Waals surface area contributed by atoms with Crippen LogP contribution in [-0.4, -0.2) is 35.3 Å². The van der Waals surface area contributed by atoms with Crippen LogP contribution in [0, 0.1) is 0 Å². The Morgan fingerprint density at radius 1 is 1.12 bits per heavy atom. The SMILES string of the molecule is COC(=O)NC(C)(c1cnccc1C(F)(F)F)c1cncnc1OC. The van der Waals surface area contributed by atoms with Crippen LogP contribution in [0.4, 0.5) is 18.0 Å². The van der Waals surface area contributed by atoms with Gasteiger partial charge in [-0.05, 0) is 13.0 Å². The van der Waals surface area contributed by atoms with Gasteiger partial charge in [0.1, 0.15) is 6.33 Å². The minimum atomic E-state index is -4.67. The lowest BCUT2D eigenvalue weighted by atomic mass is 9.84. The molecule has 2 rings (SSSR count). The van der Waals surface area contributed by atoms with Crippen LogP contribution in [0.1, 0.15) is 23.6 Å². The molecule has 0 aromatic carbocycles. The molecule has 1 amide bonds. The third-order valence-corrected chi connectivity index (χ3v) is 3.61. The van der Waals surface area contributed by atoms with E-state index in [2.05, 4.69) is 25.0 Å². The summed E-state index contributed by atoms with van der Waals surface area (Å²) >= 11 is 0. The highest BCUT2D eigenvalue weighted by Crippen LogP contribution is 2.41. The summed E-state index contributed by atoms with van der Waals surface area (Å²) in [7, 11) is 2.40. The minimum absolute atomic E-state index is 0.00545. The molecular formula is C15H15F3N4O3. The van der Waals surface area contributed by atoms with Crippen LogP contribution in [0.3, 0.4) is 0 Å². The van der Waals surface area contributed by atoms with Gasteiger partial charge in [-0.15, -0.1) is 0 Å². The van der Waals surface area contributed by atoms with E-state index in [9.17, 15) is 18.0 Å². The summed E-state index contributed by atoms with van der Waals surface area (Å²) in [4.78, 5) is 23.3. The number of halogens is 3. The van der Waals surface area contributed by atoms with Crippen LogP contribution in [0.5, 0.6) is 5.88 Å². The van der Waals surface area contributed by atoms with Crippen molar-refractivity contribution in [1.82, 2.24) is 20.3 Å². The van der Waals surface area contributed by atoms with Gasteiger partial charge in [0, 0.05) is 24.2 Å². The number of nitrogens with zero attached hydrogens (tertiary/aromatic N) is 3. The number of pyridine rings is 1. The van der Waals surface area contributed by atoms with Crippen LogP contribution in [0.25, 0.3) is 0 Å². The first-order valence-electron chi connectivity index (χ1n) is 6.96. The molecule has 1 atom stereocenters. The van der Waals surface area contributed by atoms with E-state index in [1.54, 1.807) is 0 Å². The zero-order valence-corrected chi connectivity index (χ0v) is 13.6. The van der Waals surface area contributed by atoms with Gasteiger partial charge in [0.25, 0.3) is 0 Å². The Bertz CT molecular complexity index is 770. The summed E-state index contributed by atoms with van der Waals surface area (Å²) in [5.41, 5.74) is -2.87. The number of hydrogen-bond acceptors (Lipinski definition) is 6. The Morgan fingerprint density at radius 3 is 2.40 bits per heavy atom. The van der Waals surface area contributed by atoms with Gasteiger partial charge in [-0.25, -0.2) is 14.8 Å². The first kappa shape index (κ1) is 18.4.